The van der Waals surface area contributed by atoms with Crippen LogP contribution < -0.4 is 10.1 Å². The number of imidazole rings is 1. The highest BCUT2D eigenvalue weighted by Gasteiger charge is 2.11. The summed E-state index contributed by atoms with van der Waals surface area (Å²) in [6.07, 6.45) is 13.7. The maximum absolute atomic E-state index is 12.3. The van der Waals surface area contributed by atoms with E-state index in [1.807, 2.05) is 32.0 Å². The average Bonchev–Trinajstić information content (AvgIpc) is 3.23. The number of benzene rings is 2. The molecule has 0 fully saturated rings. The first-order valence-corrected chi connectivity index (χ1v) is 14.0. The highest BCUT2D eigenvalue weighted by atomic mass is 16.5. The van der Waals surface area contributed by atoms with Gasteiger partial charge in [0.1, 0.15) is 11.6 Å². The number of hydrogen-bond donors (Lipinski definition) is 1. The largest absolute Gasteiger partial charge is 0.483 e. The van der Waals surface area contributed by atoms with Crippen molar-refractivity contribution >= 4 is 16.9 Å². The number of rotatable bonds is 17. The van der Waals surface area contributed by atoms with Gasteiger partial charge in [-0.25, -0.2) is 4.98 Å². The van der Waals surface area contributed by atoms with E-state index < -0.39 is 0 Å². The van der Waals surface area contributed by atoms with Gasteiger partial charge < -0.3 is 14.6 Å². The average molecular weight is 492 g/mol. The summed E-state index contributed by atoms with van der Waals surface area (Å²) in [5, 5.41) is 2.99. The molecule has 196 valence electrons. The number of aryl methyl sites for hydroxylation is 4. The quantitative estimate of drug-likeness (QED) is 0.201. The van der Waals surface area contributed by atoms with Crippen LogP contribution in [-0.2, 0) is 17.8 Å². The van der Waals surface area contributed by atoms with Crippen LogP contribution in [0.15, 0.2) is 42.5 Å². The van der Waals surface area contributed by atoms with E-state index in [9.17, 15) is 4.79 Å². The van der Waals surface area contributed by atoms with Gasteiger partial charge in [-0.2, -0.15) is 0 Å². The number of para-hydroxylation sites is 2. The molecule has 1 aromatic heterocycles. The van der Waals surface area contributed by atoms with Crippen LogP contribution in [0.3, 0.4) is 0 Å². The molecule has 0 unspecified atom stereocenters. The van der Waals surface area contributed by atoms with Crippen LogP contribution in [0.4, 0.5) is 0 Å². The van der Waals surface area contributed by atoms with Gasteiger partial charge in [0, 0.05) is 19.5 Å². The minimum Gasteiger partial charge on any atom is -0.483 e. The molecule has 0 spiro atoms. The van der Waals surface area contributed by atoms with Crippen LogP contribution in [0.5, 0.6) is 5.75 Å². The first-order valence-electron chi connectivity index (χ1n) is 14.0. The van der Waals surface area contributed by atoms with Crippen molar-refractivity contribution in [2.24, 2.45) is 0 Å². The zero-order valence-electron chi connectivity index (χ0n) is 22.7. The molecule has 1 amide bonds. The predicted molar refractivity (Wildman–Crippen MR) is 150 cm³/mol. The molecule has 0 radical (unpaired) electrons. The summed E-state index contributed by atoms with van der Waals surface area (Å²) in [4.78, 5) is 17.2. The number of amides is 1. The second kappa shape index (κ2) is 15.3. The smallest absolute Gasteiger partial charge is 0.257 e. The molecular formula is C31H45N3O2. The molecule has 1 heterocycles. The summed E-state index contributed by atoms with van der Waals surface area (Å²) >= 11 is 0. The van der Waals surface area contributed by atoms with Gasteiger partial charge >= 0.3 is 0 Å². The third kappa shape index (κ3) is 9.00. The SMILES string of the molecule is CCCCCCCCCCCn1c(CCCNC(=O)COc2cc(C)ccc2C)nc2ccccc21. The molecule has 0 aliphatic heterocycles. The first-order chi connectivity index (χ1) is 17.6. The number of fused-ring (bicyclic) bond motifs is 1. The Balaban J connectivity index is 1.40. The Morgan fingerprint density at radius 3 is 2.42 bits per heavy atom. The number of ether oxygens (including phenoxy) is 1. The van der Waals surface area contributed by atoms with Gasteiger partial charge in [0.05, 0.1) is 11.0 Å². The monoisotopic (exact) mass is 491 g/mol. The number of carbonyl (C=O) groups excluding carboxylic acids is 1. The van der Waals surface area contributed by atoms with Crippen LogP contribution in [0.2, 0.25) is 0 Å². The van der Waals surface area contributed by atoms with Crippen molar-refractivity contribution in [1.29, 1.82) is 0 Å². The molecule has 5 heteroatoms. The first kappa shape index (κ1) is 27.8. The molecule has 3 rings (SSSR count). The Morgan fingerprint density at radius 2 is 1.64 bits per heavy atom. The maximum Gasteiger partial charge on any atom is 0.257 e. The van der Waals surface area contributed by atoms with Crippen molar-refractivity contribution in [3.05, 3.63) is 59.4 Å². The Kier molecular flexibility index (Phi) is 11.8. The van der Waals surface area contributed by atoms with Crippen molar-refractivity contribution in [1.82, 2.24) is 14.9 Å². The van der Waals surface area contributed by atoms with Crippen molar-refractivity contribution in [3.63, 3.8) is 0 Å². The molecule has 0 saturated carbocycles. The molecule has 36 heavy (non-hydrogen) atoms. The Hall–Kier alpha value is -2.82. The number of hydrogen-bond acceptors (Lipinski definition) is 3. The number of nitrogens with one attached hydrogen (secondary N) is 1. The fourth-order valence-electron chi connectivity index (χ4n) is 4.68. The molecule has 0 aliphatic rings. The van der Waals surface area contributed by atoms with E-state index in [0.717, 1.165) is 47.6 Å². The van der Waals surface area contributed by atoms with Gasteiger partial charge in [-0.3, -0.25) is 4.79 Å². The number of nitrogens with zero attached hydrogens (tertiary/aromatic N) is 2. The molecular weight excluding hydrogens is 446 g/mol. The maximum atomic E-state index is 12.3. The lowest BCUT2D eigenvalue weighted by molar-refractivity contribution is -0.123. The van der Waals surface area contributed by atoms with Crippen LogP contribution >= 0.6 is 0 Å². The van der Waals surface area contributed by atoms with E-state index in [1.165, 1.54) is 63.3 Å². The molecule has 2 aromatic carbocycles. The molecule has 3 aromatic rings. The van der Waals surface area contributed by atoms with E-state index in [1.54, 1.807) is 0 Å². The summed E-state index contributed by atoms with van der Waals surface area (Å²) in [6, 6.07) is 14.5. The number of unbranched alkanes of at least 4 members (excludes halogenated alkanes) is 8. The lowest BCUT2D eigenvalue weighted by atomic mass is 10.1. The zero-order valence-corrected chi connectivity index (χ0v) is 22.7. The highest BCUT2D eigenvalue weighted by molar-refractivity contribution is 5.77. The summed E-state index contributed by atoms with van der Waals surface area (Å²) in [6.45, 7) is 7.97. The predicted octanol–water partition coefficient (Wildman–Crippen LogP) is 7.31. The number of aromatic nitrogens is 2. The van der Waals surface area contributed by atoms with Gasteiger partial charge in [0.15, 0.2) is 6.61 Å². The van der Waals surface area contributed by atoms with E-state index in [2.05, 4.69) is 41.1 Å². The topological polar surface area (TPSA) is 56.2 Å². The summed E-state index contributed by atoms with van der Waals surface area (Å²) < 4.78 is 8.11. The van der Waals surface area contributed by atoms with E-state index >= 15 is 0 Å². The minimum atomic E-state index is -0.0842. The van der Waals surface area contributed by atoms with Gasteiger partial charge in [-0.15, -0.1) is 0 Å². The summed E-state index contributed by atoms with van der Waals surface area (Å²) in [7, 11) is 0. The number of carbonyl (C=O) groups is 1. The van der Waals surface area contributed by atoms with Crippen molar-refractivity contribution in [2.45, 2.75) is 97.9 Å². The summed E-state index contributed by atoms with van der Waals surface area (Å²) in [5.74, 6) is 1.81. The van der Waals surface area contributed by atoms with Gasteiger partial charge in [0.25, 0.3) is 5.91 Å². The van der Waals surface area contributed by atoms with Crippen molar-refractivity contribution in [3.8, 4) is 5.75 Å². The standard InChI is InChI=1S/C31H45N3O2/c1-4-5-6-7-8-9-10-11-14-22-34-28-17-13-12-16-27(28)33-30(34)18-15-21-32-31(35)24-36-29-23-25(2)19-20-26(29)3/h12-13,16-17,19-20,23H,4-11,14-15,18,21-22,24H2,1-3H3,(H,32,35). The van der Waals surface area contributed by atoms with Crippen LogP contribution in [0, 0.1) is 13.8 Å². The highest BCUT2D eigenvalue weighted by Crippen LogP contribution is 2.20. The second-order valence-corrected chi connectivity index (χ2v) is 10.0. The fourth-order valence-corrected chi connectivity index (χ4v) is 4.68. The second-order valence-electron chi connectivity index (χ2n) is 10.0. The summed E-state index contributed by atoms with van der Waals surface area (Å²) in [5.41, 5.74) is 4.45. The van der Waals surface area contributed by atoms with Gasteiger partial charge in [-0.05, 0) is 56.0 Å². The van der Waals surface area contributed by atoms with E-state index in [-0.39, 0.29) is 12.5 Å². The van der Waals surface area contributed by atoms with Gasteiger partial charge in [-0.1, -0.05) is 82.6 Å². The van der Waals surface area contributed by atoms with Crippen molar-refractivity contribution in [2.75, 3.05) is 13.2 Å². The van der Waals surface area contributed by atoms with Crippen LogP contribution in [0.1, 0.15) is 88.1 Å². The van der Waals surface area contributed by atoms with Gasteiger partial charge in [0.2, 0.25) is 0 Å². The fraction of sp³-hybridized carbons (Fsp3) is 0.548. The van der Waals surface area contributed by atoms with Crippen molar-refractivity contribution < 1.29 is 9.53 Å². The van der Waals surface area contributed by atoms with E-state index in [0.29, 0.717) is 6.54 Å². The lowest BCUT2D eigenvalue weighted by Crippen LogP contribution is -2.30. The Morgan fingerprint density at radius 1 is 0.917 bits per heavy atom. The molecule has 1 N–H and O–H groups in total. The third-order valence-corrected chi connectivity index (χ3v) is 6.82. The molecule has 0 atom stereocenters. The zero-order chi connectivity index (χ0) is 25.6. The minimum absolute atomic E-state index is 0.0431. The molecule has 0 saturated heterocycles. The van der Waals surface area contributed by atoms with E-state index in [4.69, 9.17) is 9.72 Å². The third-order valence-electron chi connectivity index (χ3n) is 6.82. The Labute approximate surface area is 217 Å². The normalized spacial score (nSPS) is 11.2. The molecule has 0 aliphatic carbocycles. The molecule has 0 bridgehead atoms. The molecule has 5 nitrogen and oxygen atoms in total. The van der Waals surface area contributed by atoms with Crippen LogP contribution in [-0.4, -0.2) is 28.6 Å². The Bertz CT molecular complexity index is 1070. The lowest BCUT2D eigenvalue weighted by Gasteiger charge is -2.11. The van der Waals surface area contributed by atoms with Crippen LogP contribution in [0.25, 0.3) is 11.0 Å².